The van der Waals surface area contributed by atoms with Crippen molar-refractivity contribution in [1.82, 2.24) is 15.1 Å². The summed E-state index contributed by atoms with van der Waals surface area (Å²) in [7, 11) is 3.51. The number of aliphatic hydroxyl groups excluding tert-OH is 1. The van der Waals surface area contributed by atoms with E-state index >= 15 is 0 Å². The molecular formula is C37H41N3O8. The predicted octanol–water partition coefficient (Wildman–Crippen LogP) is 4.01. The number of likely N-dealkylation sites (N-methyl/N-ethyl adjacent to an activating group) is 1. The van der Waals surface area contributed by atoms with Gasteiger partial charge in [0.05, 0.1) is 25.2 Å². The Hall–Kier alpha value is -4.58. The molecule has 3 aromatic carbocycles. The first kappa shape index (κ1) is 32.0. The number of aliphatic hydroxyl groups is 1. The van der Waals surface area contributed by atoms with Gasteiger partial charge in [0.1, 0.15) is 12.0 Å². The van der Waals surface area contributed by atoms with Crippen molar-refractivity contribution in [3.63, 3.8) is 0 Å². The summed E-state index contributed by atoms with van der Waals surface area (Å²) in [4.78, 5) is 29.9. The number of ether oxygens (including phenoxy) is 4. The van der Waals surface area contributed by atoms with Gasteiger partial charge in [-0.3, -0.25) is 19.4 Å². The number of esters is 1. The molecule has 11 nitrogen and oxygen atoms in total. The first-order chi connectivity index (χ1) is 23.0. The number of carbonyl (C=O) groups excluding carboxylic acids is 2. The van der Waals surface area contributed by atoms with Crippen LogP contribution in [0.2, 0.25) is 0 Å². The second kappa shape index (κ2) is 12.1. The van der Waals surface area contributed by atoms with Crippen LogP contribution in [0.4, 0.5) is 0 Å². The molecule has 4 aliphatic heterocycles. The van der Waals surface area contributed by atoms with E-state index in [2.05, 4.69) is 10.2 Å². The topological polar surface area (TPSA) is 130 Å². The highest BCUT2D eigenvalue weighted by Crippen LogP contribution is 2.58. The summed E-state index contributed by atoms with van der Waals surface area (Å²) in [6, 6.07) is 8.23. The van der Waals surface area contributed by atoms with Gasteiger partial charge in [-0.05, 0) is 63.4 Å². The summed E-state index contributed by atoms with van der Waals surface area (Å²) in [5.41, 5.74) is 6.60. The number of nitrogens with zero attached hydrogens (tertiary/aromatic N) is 2. The highest BCUT2D eigenvalue weighted by molar-refractivity contribution is 5.91. The van der Waals surface area contributed by atoms with Crippen molar-refractivity contribution in [2.24, 2.45) is 0 Å². The predicted molar refractivity (Wildman–Crippen MR) is 177 cm³/mol. The van der Waals surface area contributed by atoms with Crippen molar-refractivity contribution in [1.29, 1.82) is 0 Å². The van der Waals surface area contributed by atoms with Crippen LogP contribution in [0.5, 0.6) is 28.7 Å². The first-order valence-electron chi connectivity index (χ1n) is 16.2. The Kier molecular flexibility index (Phi) is 8.09. The molecule has 7 rings (SSSR count). The molecule has 0 aromatic heterocycles. The number of nitrogens with one attached hydrogen (secondary N) is 1. The van der Waals surface area contributed by atoms with E-state index in [0.29, 0.717) is 47.0 Å². The maximum absolute atomic E-state index is 13.3. The van der Waals surface area contributed by atoms with Crippen LogP contribution < -0.4 is 24.3 Å². The molecule has 4 aliphatic rings. The monoisotopic (exact) mass is 655 g/mol. The maximum Gasteiger partial charge on any atom is 0.308 e. The summed E-state index contributed by atoms with van der Waals surface area (Å²) in [5, 5.41) is 26.9. The van der Waals surface area contributed by atoms with Gasteiger partial charge in [-0.15, -0.1) is 0 Å². The van der Waals surface area contributed by atoms with Crippen LogP contribution in [-0.2, 0) is 22.4 Å². The minimum atomic E-state index is -0.941. The van der Waals surface area contributed by atoms with Gasteiger partial charge >= 0.3 is 5.97 Å². The Bertz CT molecular complexity index is 1850. The van der Waals surface area contributed by atoms with Gasteiger partial charge < -0.3 is 34.5 Å². The number of aryl methyl sites for hydroxylation is 2. The van der Waals surface area contributed by atoms with E-state index in [9.17, 15) is 19.8 Å². The van der Waals surface area contributed by atoms with Crippen molar-refractivity contribution in [3.05, 3.63) is 80.9 Å². The van der Waals surface area contributed by atoms with Crippen molar-refractivity contribution in [2.75, 3.05) is 27.5 Å². The summed E-state index contributed by atoms with van der Waals surface area (Å²) >= 11 is 0. The highest BCUT2D eigenvalue weighted by atomic mass is 16.7. The number of amides is 1. The molecule has 2 bridgehead atoms. The number of fused-ring (bicyclic) bond motifs is 9. The largest absolute Gasteiger partial charge is 0.504 e. The lowest BCUT2D eigenvalue weighted by Crippen LogP contribution is -2.69. The molecular weight excluding hydrogens is 614 g/mol. The number of hydrogen-bond acceptors (Lipinski definition) is 10. The minimum Gasteiger partial charge on any atom is -0.504 e. The van der Waals surface area contributed by atoms with E-state index < -0.39 is 24.3 Å². The van der Waals surface area contributed by atoms with Crippen LogP contribution in [0.15, 0.2) is 36.4 Å². The highest BCUT2D eigenvalue weighted by Gasteiger charge is 2.56. The van der Waals surface area contributed by atoms with E-state index in [4.69, 9.17) is 18.9 Å². The fourth-order valence-electron chi connectivity index (χ4n) is 8.32. The zero-order chi connectivity index (χ0) is 34.0. The third-order valence-corrected chi connectivity index (χ3v) is 10.3. The van der Waals surface area contributed by atoms with E-state index in [1.807, 2.05) is 63.1 Å². The van der Waals surface area contributed by atoms with Gasteiger partial charge in [-0.1, -0.05) is 35.9 Å². The van der Waals surface area contributed by atoms with Crippen LogP contribution in [-0.4, -0.2) is 77.7 Å². The van der Waals surface area contributed by atoms with Crippen molar-refractivity contribution in [2.45, 2.75) is 70.9 Å². The Balaban J connectivity index is 1.36. The van der Waals surface area contributed by atoms with Crippen molar-refractivity contribution in [3.8, 4) is 28.7 Å². The van der Waals surface area contributed by atoms with Gasteiger partial charge in [0, 0.05) is 47.8 Å². The molecule has 3 aromatic rings. The van der Waals surface area contributed by atoms with Gasteiger partial charge in [0.15, 0.2) is 23.0 Å². The van der Waals surface area contributed by atoms with Crippen LogP contribution in [0.1, 0.15) is 63.5 Å². The molecule has 1 unspecified atom stereocenters. The van der Waals surface area contributed by atoms with Crippen molar-refractivity contribution < 1.29 is 38.7 Å². The smallest absolute Gasteiger partial charge is 0.308 e. The number of phenols is 1. The van der Waals surface area contributed by atoms with Crippen LogP contribution in [0, 0.1) is 20.8 Å². The average Bonchev–Trinajstić information content (AvgIpc) is 3.53. The molecule has 0 aliphatic carbocycles. The number of carbonyl (C=O) groups is 2. The molecule has 252 valence electrons. The number of methoxy groups -OCH3 is 1. The molecule has 3 N–H and O–H groups in total. The second-order valence-electron chi connectivity index (χ2n) is 13.2. The zero-order valence-electron chi connectivity index (χ0n) is 28.0. The second-order valence-corrected chi connectivity index (χ2v) is 13.2. The van der Waals surface area contributed by atoms with Crippen LogP contribution in [0.3, 0.4) is 0 Å². The normalized spacial score (nSPS) is 24.1. The molecule has 1 amide bonds. The van der Waals surface area contributed by atoms with Crippen LogP contribution >= 0.6 is 0 Å². The number of aromatic hydroxyl groups is 1. The summed E-state index contributed by atoms with van der Waals surface area (Å²) in [6.07, 6.45) is 3.18. The van der Waals surface area contributed by atoms with Gasteiger partial charge in [-0.2, -0.15) is 0 Å². The number of rotatable bonds is 6. The molecule has 11 heteroatoms. The van der Waals surface area contributed by atoms with E-state index in [-0.39, 0.29) is 37.1 Å². The van der Waals surface area contributed by atoms with E-state index in [0.717, 1.165) is 33.4 Å². The molecule has 0 radical (unpaired) electrons. The number of hydrogen-bond donors (Lipinski definition) is 3. The summed E-state index contributed by atoms with van der Waals surface area (Å²) < 4.78 is 23.5. The standard InChI is InChI=1S/C37H41N3O8/c1-18-8-7-9-22(12-18)10-11-28(42)38-16-27-30-24(34(48-21(4)41)20(3)35-36(30)47-17-46-35)15-25-31-29-23(13-19(2)33(45-6)32(29)43)14-26(39(31)5)37(44)40(25)27/h7-13,25-27,31,37,43-44H,14-17H2,1-6H3,(H,38,42)/b11-10+/t25?,26-,27-,31-,37-/m0/s1. The Morgan fingerprint density at radius 2 is 1.83 bits per heavy atom. The first-order valence-corrected chi connectivity index (χ1v) is 16.2. The molecule has 1 fully saturated rings. The zero-order valence-corrected chi connectivity index (χ0v) is 28.0. The Morgan fingerprint density at radius 1 is 1.06 bits per heavy atom. The van der Waals surface area contributed by atoms with Crippen molar-refractivity contribution >= 4 is 18.0 Å². The third kappa shape index (κ3) is 5.08. The Morgan fingerprint density at radius 3 is 2.56 bits per heavy atom. The lowest BCUT2D eigenvalue weighted by molar-refractivity contribution is -0.172. The molecule has 1 saturated heterocycles. The van der Waals surface area contributed by atoms with Gasteiger partial charge in [0.25, 0.3) is 0 Å². The fraction of sp³-hybridized carbons (Fsp3) is 0.405. The van der Waals surface area contributed by atoms with Gasteiger partial charge in [0.2, 0.25) is 12.7 Å². The van der Waals surface area contributed by atoms with Crippen LogP contribution in [0.25, 0.3) is 6.08 Å². The van der Waals surface area contributed by atoms with E-state index in [1.165, 1.54) is 13.0 Å². The molecule has 4 heterocycles. The molecule has 48 heavy (non-hydrogen) atoms. The average molecular weight is 656 g/mol. The van der Waals surface area contributed by atoms with E-state index in [1.54, 1.807) is 13.2 Å². The molecule has 0 saturated carbocycles. The number of piperazine rings is 1. The summed E-state index contributed by atoms with van der Waals surface area (Å²) in [6.45, 7) is 7.20. The molecule has 5 atom stereocenters. The SMILES string of the molecule is COc1c(C)cc2c(c1O)[C@@H]1C3Cc4c(OC(C)=O)c(C)c5c(c4[C@H](CNC(=O)/C=C/c4cccc(C)c4)N3[C@@H](O)[C@H](C2)N1C)OCO5. The van der Waals surface area contributed by atoms with Gasteiger partial charge in [-0.25, -0.2) is 0 Å². The molecule has 0 spiro atoms. The lowest BCUT2D eigenvalue weighted by Gasteiger charge is -2.60. The number of phenolic OH excluding ortho intramolecular Hbond substituents is 1. The number of benzene rings is 3. The summed E-state index contributed by atoms with van der Waals surface area (Å²) in [5.74, 6) is 1.10. The maximum atomic E-state index is 13.3. The fourth-order valence-corrected chi connectivity index (χ4v) is 8.32. The third-order valence-electron chi connectivity index (χ3n) is 10.3. The quantitative estimate of drug-likeness (QED) is 0.204. The lowest BCUT2D eigenvalue weighted by atomic mass is 9.73. The minimum absolute atomic E-state index is 0.00912. The Labute approximate surface area is 279 Å².